The second-order valence-corrected chi connectivity index (χ2v) is 7.80. The molecule has 0 aliphatic carbocycles. The molecule has 1 atom stereocenters. The van der Waals surface area contributed by atoms with Crippen LogP contribution in [0.15, 0.2) is 33.9 Å². The number of nitriles is 1. The molecule has 2 aromatic rings. The summed E-state index contributed by atoms with van der Waals surface area (Å²) in [6.07, 6.45) is 2.17. The van der Waals surface area contributed by atoms with Crippen molar-refractivity contribution < 1.29 is 9.53 Å². The molecule has 1 aliphatic heterocycles. The number of thioether (sulfide) groups is 1. The molecule has 9 heteroatoms. The van der Waals surface area contributed by atoms with Gasteiger partial charge in [-0.1, -0.05) is 17.8 Å². The maximum atomic E-state index is 12.2. The molecule has 7 nitrogen and oxygen atoms in total. The van der Waals surface area contributed by atoms with Crippen molar-refractivity contribution in [3.8, 4) is 16.8 Å². The fourth-order valence-electron chi connectivity index (χ4n) is 2.71. The van der Waals surface area contributed by atoms with Gasteiger partial charge in [-0.3, -0.25) is 9.36 Å². The lowest BCUT2D eigenvalue weighted by atomic mass is 10.2. The second kappa shape index (κ2) is 8.49. The molecule has 0 amide bonds. The molecule has 0 saturated carbocycles. The Kier molecular flexibility index (Phi) is 6.08. The highest BCUT2D eigenvalue weighted by Gasteiger charge is 2.23. The first kappa shape index (κ1) is 18.6. The average Bonchev–Trinajstić information content (AvgIpc) is 3.36. The molecule has 0 aromatic carbocycles. The normalized spacial score (nSPS) is 17.8. The van der Waals surface area contributed by atoms with Crippen LogP contribution in [0, 0.1) is 11.3 Å². The minimum atomic E-state index is -0.304. The maximum Gasteiger partial charge on any atom is 0.192 e. The zero-order chi connectivity index (χ0) is 18.5. The third-order valence-electron chi connectivity index (χ3n) is 3.99. The lowest BCUT2D eigenvalue weighted by molar-refractivity contribution is -0.112. The topological polar surface area (TPSA) is 107 Å². The number of rotatable bonds is 7. The summed E-state index contributed by atoms with van der Waals surface area (Å²) < 4.78 is 7.75. The molecular weight excluding hydrogens is 370 g/mol. The van der Waals surface area contributed by atoms with Crippen molar-refractivity contribution in [3.63, 3.8) is 0 Å². The van der Waals surface area contributed by atoms with Crippen LogP contribution in [-0.2, 0) is 16.1 Å². The summed E-state index contributed by atoms with van der Waals surface area (Å²) in [6.45, 7) is 2.97. The van der Waals surface area contributed by atoms with E-state index in [4.69, 9.17) is 15.7 Å². The van der Waals surface area contributed by atoms with Crippen molar-refractivity contribution in [2.75, 3.05) is 12.4 Å². The van der Waals surface area contributed by atoms with E-state index in [9.17, 15) is 4.79 Å². The van der Waals surface area contributed by atoms with Gasteiger partial charge in [-0.05, 0) is 31.2 Å². The van der Waals surface area contributed by atoms with Crippen LogP contribution in [0.4, 0.5) is 0 Å². The molecule has 1 fully saturated rings. The summed E-state index contributed by atoms with van der Waals surface area (Å²) in [4.78, 5) is 13.2. The van der Waals surface area contributed by atoms with Gasteiger partial charge in [0.25, 0.3) is 0 Å². The van der Waals surface area contributed by atoms with Crippen LogP contribution in [0.3, 0.4) is 0 Å². The van der Waals surface area contributed by atoms with Crippen molar-refractivity contribution in [3.05, 3.63) is 28.8 Å². The molecule has 3 heterocycles. The number of Topliss-reactive ketones (excluding diaryl/α,β-unsaturated/α-hetero) is 1. The summed E-state index contributed by atoms with van der Waals surface area (Å²) in [5, 5.41) is 20.3. The first-order valence-corrected chi connectivity index (χ1v) is 10.1. The highest BCUT2D eigenvalue weighted by molar-refractivity contribution is 7.99. The van der Waals surface area contributed by atoms with Crippen LogP contribution in [-0.4, -0.2) is 39.0 Å². The lowest BCUT2D eigenvalue weighted by Gasteiger charge is -2.14. The first-order chi connectivity index (χ1) is 12.6. The fraction of sp³-hybridized carbons (Fsp3) is 0.412. The van der Waals surface area contributed by atoms with Crippen molar-refractivity contribution in [2.24, 2.45) is 5.73 Å². The lowest BCUT2D eigenvalue weighted by Crippen LogP contribution is -2.17. The summed E-state index contributed by atoms with van der Waals surface area (Å²) in [5.74, 6) is 0.560. The Morgan fingerprint density at radius 2 is 2.42 bits per heavy atom. The quantitative estimate of drug-likeness (QED) is 0.440. The Bertz CT molecular complexity index is 841. The van der Waals surface area contributed by atoms with Crippen LogP contribution in [0.2, 0.25) is 0 Å². The van der Waals surface area contributed by atoms with Gasteiger partial charge >= 0.3 is 0 Å². The van der Waals surface area contributed by atoms with Crippen LogP contribution in [0.1, 0.15) is 19.8 Å². The Labute approximate surface area is 159 Å². The molecule has 3 rings (SSSR count). The summed E-state index contributed by atoms with van der Waals surface area (Å²) in [7, 11) is 0. The van der Waals surface area contributed by atoms with E-state index in [0.717, 1.165) is 30.2 Å². The van der Waals surface area contributed by atoms with E-state index >= 15 is 0 Å². The smallest absolute Gasteiger partial charge is 0.192 e. The molecule has 0 spiro atoms. The molecule has 1 unspecified atom stereocenters. The molecule has 2 N–H and O–H groups in total. The average molecular weight is 390 g/mol. The second-order valence-electron chi connectivity index (χ2n) is 5.91. The zero-order valence-corrected chi connectivity index (χ0v) is 16.0. The summed E-state index contributed by atoms with van der Waals surface area (Å²) in [5.41, 5.74) is 5.84. The largest absolute Gasteiger partial charge is 0.401 e. The van der Waals surface area contributed by atoms with E-state index < -0.39 is 0 Å². The van der Waals surface area contributed by atoms with Gasteiger partial charge in [-0.15, -0.1) is 21.5 Å². The minimum absolute atomic E-state index is 0.00109. The number of ketones is 1. The van der Waals surface area contributed by atoms with Crippen molar-refractivity contribution in [2.45, 2.75) is 37.6 Å². The molecule has 0 bridgehead atoms. The van der Waals surface area contributed by atoms with Crippen LogP contribution < -0.4 is 5.73 Å². The molecule has 136 valence electrons. The highest BCUT2D eigenvalue weighted by Crippen LogP contribution is 2.29. The van der Waals surface area contributed by atoms with E-state index in [1.807, 2.05) is 28.1 Å². The number of nitrogens with two attached hydrogens (primary N) is 1. The Morgan fingerprint density at radius 3 is 3.04 bits per heavy atom. The molecule has 2 aromatic heterocycles. The Hall–Kier alpha value is -2.15. The minimum Gasteiger partial charge on any atom is -0.401 e. The van der Waals surface area contributed by atoms with Gasteiger partial charge in [0.2, 0.25) is 0 Å². The number of nitrogens with zero attached hydrogens (tertiary/aromatic N) is 4. The van der Waals surface area contributed by atoms with Crippen molar-refractivity contribution in [1.82, 2.24) is 14.8 Å². The van der Waals surface area contributed by atoms with Gasteiger partial charge < -0.3 is 10.5 Å². The molecule has 0 radical (unpaired) electrons. The molecule has 26 heavy (non-hydrogen) atoms. The maximum absolute atomic E-state index is 12.2. The molecule has 1 saturated heterocycles. The molecular formula is C17H19N5O2S2. The number of ether oxygens (including phenoxy) is 1. The standard InChI is InChI=1S/C17H19N5O2S2/c1-11(19)13(8-18)14(23)10-26-17-21-20-16(15-5-3-7-25-15)22(17)9-12-4-2-6-24-12/h3,5,7,12H,2,4,6,9-10,19H2,1H3. The Morgan fingerprint density at radius 1 is 1.58 bits per heavy atom. The SMILES string of the molecule is CC(N)=C(C#N)C(=O)CSc1nnc(-c2cccs2)n1CC1CCCO1. The number of thiophene rings is 1. The van der Waals surface area contributed by atoms with Gasteiger partial charge in [0.15, 0.2) is 16.8 Å². The van der Waals surface area contributed by atoms with Gasteiger partial charge in [0, 0.05) is 12.3 Å². The highest BCUT2D eigenvalue weighted by atomic mass is 32.2. The van der Waals surface area contributed by atoms with Crippen molar-refractivity contribution in [1.29, 1.82) is 5.26 Å². The fourth-order valence-corrected chi connectivity index (χ4v) is 4.25. The van der Waals surface area contributed by atoms with Crippen LogP contribution in [0.5, 0.6) is 0 Å². The van der Waals surface area contributed by atoms with E-state index in [0.29, 0.717) is 11.7 Å². The zero-order valence-electron chi connectivity index (χ0n) is 14.3. The van der Waals surface area contributed by atoms with Crippen LogP contribution >= 0.6 is 23.1 Å². The number of hydrogen-bond donors (Lipinski definition) is 1. The van der Waals surface area contributed by atoms with Gasteiger partial charge in [0.05, 0.1) is 23.3 Å². The third kappa shape index (κ3) is 4.15. The van der Waals surface area contributed by atoms with Gasteiger partial charge in [-0.25, -0.2) is 0 Å². The third-order valence-corrected chi connectivity index (χ3v) is 5.82. The van der Waals surface area contributed by atoms with E-state index in [-0.39, 0.29) is 28.9 Å². The number of carbonyl (C=O) groups excluding carboxylic acids is 1. The van der Waals surface area contributed by atoms with Crippen LogP contribution in [0.25, 0.3) is 10.7 Å². The number of allylic oxidation sites excluding steroid dienone is 2. The number of hydrogen-bond acceptors (Lipinski definition) is 8. The first-order valence-electron chi connectivity index (χ1n) is 8.21. The Balaban J connectivity index is 1.81. The summed E-state index contributed by atoms with van der Waals surface area (Å²) in [6, 6.07) is 5.83. The molecule has 1 aliphatic rings. The number of carbonyl (C=O) groups is 1. The van der Waals surface area contributed by atoms with Crippen molar-refractivity contribution >= 4 is 28.9 Å². The monoisotopic (exact) mass is 389 g/mol. The number of aromatic nitrogens is 3. The predicted octanol–water partition coefficient (Wildman–Crippen LogP) is 2.60. The van der Waals surface area contributed by atoms with E-state index in [1.165, 1.54) is 11.8 Å². The van der Waals surface area contributed by atoms with Gasteiger partial charge in [-0.2, -0.15) is 5.26 Å². The van der Waals surface area contributed by atoms with Gasteiger partial charge in [0.1, 0.15) is 11.6 Å². The predicted molar refractivity (Wildman–Crippen MR) is 101 cm³/mol. The summed E-state index contributed by atoms with van der Waals surface area (Å²) >= 11 is 2.86. The van der Waals surface area contributed by atoms with E-state index in [1.54, 1.807) is 18.3 Å². The van der Waals surface area contributed by atoms with E-state index in [2.05, 4.69) is 10.2 Å².